The van der Waals surface area contributed by atoms with Crippen LogP contribution in [-0.2, 0) is 14.9 Å². The van der Waals surface area contributed by atoms with Crippen molar-refractivity contribution in [1.82, 2.24) is 0 Å². The van der Waals surface area contributed by atoms with Crippen LogP contribution in [0.1, 0.15) is 44.6 Å². The predicted molar refractivity (Wildman–Crippen MR) is 74.8 cm³/mol. The number of cyclic esters (lactones) is 1. The average Bonchev–Trinajstić information content (AvgIpc) is 2.71. The summed E-state index contributed by atoms with van der Waals surface area (Å²) in [4.78, 5) is 12.6. The number of ether oxygens (including phenoxy) is 1. The van der Waals surface area contributed by atoms with Crippen molar-refractivity contribution >= 4 is 5.97 Å². The summed E-state index contributed by atoms with van der Waals surface area (Å²) in [5, 5.41) is 9.45. The summed E-state index contributed by atoms with van der Waals surface area (Å²) >= 11 is 0. The molecule has 0 N–H and O–H groups in total. The molecule has 1 aromatic carbocycles. The Balaban J connectivity index is 2.16. The number of carbonyl (C=O) groups is 1. The molecule has 20 heavy (non-hydrogen) atoms. The number of esters is 1. The molecule has 104 valence electrons. The fourth-order valence-corrected chi connectivity index (χ4v) is 4.07. The van der Waals surface area contributed by atoms with Crippen molar-refractivity contribution < 1.29 is 9.53 Å². The van der Waals surface area contributed by atoms with Gasteiger partial charge >= 0.3 is 5.97 Å². The fraction of sp³-hybridized carbons (Fsp3) is 0.529. The van der Waals surface area contributed by atoms with E-state index in [1.165, 1.54) is 6.42 Å². The number of hydrogen-bond donors (Lipinski definition) is 0. The van der Waals surface area contributed by atoms with Gasteiger partial charge in [0.2, 0.25) is 0 Å². The molecule has 3 heteroatoms. The van der Waals surface area contributed by atoms with Gasteiger partial charge in [-0.2, -0.15) is 5.26 Å². The van der Waals surface area contributed by atoms with Crippen molar-refractivity contribution in [2.45, 2.75) is 50.5 Å². The summed E-state index contributed by atoms with van der Waals surface area (Å²) in [5.74, 6) is -0.239. The first kappa shape index (κ1) is 13.2. The second kappa shape index (κ2) is 4.63. The average molecular weight is 269 g/mol. The smallest absolute Gasteiger partial charge is 0.318 e. The highest BCUT2D eigenvalue weighted by atomic mass is 16.6. The second-order valence-corrected chi connectivity index (χ2v) is 6.12. The zero-order chi connectivity index (χ0) is 14.2. The fourth-order valence-electron chi connectivity index (χ4n) is 4.07. The van der Waals surface area contributed by atoms with E-state index < -0.39 is 11.5 Å². The molecule has 0 aromatic heterocycles. The van der Waals surface area contributed by atoms with Crippen molar-refractivity contribution in [3.8, 4) is 6.07 Å². The summed E-state index contributed by atoms with van der Waals surface area (Å²) in [6.45, 7) is 1.97. The number of benzene rings is 1. The van der Waals surface area contributed by atoms with E-state index in [1.807, 2.05) is 37.3 Å². The maximum absolute atomic E-state index is 12.6. The van der Waals surface area contributed by atoms with E-state index in [4.69, 9.17) is 4.74 Å². The van der Waals surface area contributed by atoms with Crippen molar-refractivity contribution in [3.05, 3.63) is 35.9 Å². The van der Waals surface area contributed by atoms with Gasteiger partial charge in [-0.05, 0) is 25.3 Å². The monoisotopic (exact) mass is 269 g/mol. The molecule has 2 aliphatic rings. The van der Waals surface area contributed by atoms with E-state index >= 15 is 0 Å². The molecule has 0 radical (unpaired) electrons. The third-order valence-corrected chi connectivity index (χ3v) is 5.34. The third-order valence-electron chi connectivity index (χ3n) is 5.34. The Morgan fingerprint density at radius 2 is 1.85 bits per heavy atom. The van der Waals surface area contributed by atoms with Gasteiger partial charge < -0.3 is 4.74 Å². The zero-order valence-electron chi connectivity index (χ0n) is 11.8. The van der Waals surface area contributed by atoms with Crippen molar-refractivity contribution in [2.24, 2.45) is 5.41 Å². The molecule has 1 spiro atoms. The minimum absolute atomic E-state index is 0.239. The minimum Gasteiger partial charge on any atom is -0.446 e. The summed E-state index contributed by atoms with van der Waals surface area (Å²) in [5.41, 5.74) is -0.0855. The van der Waals surface area contributed by atoms with Gasteiger partial charge in [-0.15, -0.1) is 0 Å². The first-order valence-electron chi connectivity index (χ1n) is 7.31. The first-order chi connectivity index (χ1) is 9.65. The lowest BCUT2D eigenvalue weighted by atomic mass is 9.54. The van der Waals surface area contributed by atoms with Gasteiger partial charge in [-0.25, -0.2) is 0 Å². The summed E-state index contributed by atoms with van der Waals surface area (Å²) in [7, 11) is 0. The third kappa shape index (κ3) is 1.54. The molecule has 1 aliphatic carbocycles. The molecular formula is C17H19NO2. The van der Waals surface area contributed by atoms with Crippen LogP contribution < -0.4 is 0 Å². The van der Waals surface area contributed by atoms with Crippen LogP contribution >= 0.6 is 0 Å². The van der Waals surface area contributed by atoms with Crippen LogP contribution in [0, 0.1) is 16.7 Å². The Bertz CT molecular complexity index is 554. The molecule has 1 aliphatic heterocycles. The van der Waals surface area contributed by atoms with E-state index in [2.05, 4.69) is 6.07 Å². The highest BCUT2D eigenvalue weighted by molar-refractivity contribution is 5.87. The van der Waals surface area contributed by atoms with Crippen LogP contribution in [0.5, 0.6) is 0 Å². The number of nitrogens with zero attached hydrogens (tertiary/aromatic N) is 1. The summed E-state index contributed by atoms with van der Waals surface area (Å²) < 4.78 is 5.47. The van der Waals surface area contributed by atoms with Gasteiger partial charge in [0, 0.05) is 5.41 Å². The quantitative estimate of drug-likeness (QED) is 0.735. The molecule has 1 heterocycles. The van der Waals surface area contributed by atoms with Gasteiger partial charge in [-0.3, -0.25) is 4.79 Å². The Kier molecular flexibility index (Phi) is 3.05. The highest BCUT2D eigenvalue weighted by Gasteiger charge is 2.65. The molecule has 1 saturated carbocycles. The van der Waals surface area contributed by atoms with E-state index in [9.17, 15) is 10.1 Å². The first-order valence-corrected chi connectivity index (χ1v) is 7.31. The number of rotatable bonds is 1. The van der Waals surface area contributed by atoms with Gasteiger partial charge in [0.1, 0.15) is 11.5 Å². The second-order valence-electron chi connectivity index (χ2n) is 6.12. The normalized spacial score (nSPS) is 31.8. The Morgan fingerprint density at radius 3 is 2.45 bits per heavy atom. The highest BCUT2D eigenvalue weighted by Crippen LogP contribution is 2.58. The molecule has 0 unspecified atom stereocenters. The van der Waals surface area contributed by atoms with E-state index in [0.29, 0.717) is 0 Å². The molecule has 1 aromatic rings. The lowest BCUT2D eigenvalue weighted by Gasteiger charge is -2.44. The van der Waals surface area contributed by atoms with E-state index in [-0.39, 0.29) is 11.4 Å². The Labute approximate surface area is 119 Å². The van der Waals surface area contributed by atoms with Crippen LogP contribution in [0.4, 0.5) is 0 Å². The van der Waals surface area contributed by atoms with Crippen molar-refractivity contribution in [2.75, 3.05) is 0 Å². The standard InChI is InChI=1S/C17H19NO2/c1-16(13-8-4-2-5-9-13)15(19)20-14(12-18)17(16)10-6-3-7-11-17/h2,4-5,8-9,14H,3,6-7,10-11H2,1H3/t14-,16-/m1/s1. The minimum atomic E-state index is -0.699. The molecule has 0 bridgehead atoms. The SMILES string of the molecule is C[C@@]1(c2ccccc2)C(=O)O[C@H](C#N)C12CCCCC2. The predicted octanol–water partition coefficient (Wildman–Crippen LogP) is 3.34. The van der Waals surface area contributed by atoms with Crippen molar-refractivity contribution in [1.29, 1.82) is 5.26 Å². The van der Waals surface area contributed by atoms with E-state index in [1.54, 1.807) is 0 Å². The molecule has 3 nitrogen and oxygen atoms in total. The molecule has 2 fully saturated rings. The van der Waals surface area contributed by atoms with Gasteiger partial charge in [0.05, 0.1) is 0 Å². The lowest BCUT2D eigenvalue weighted by molar-refractivity contribution is -0.143. The number of carbonyl (C=O) groups excluding carboxylic acids is 1. The van der Waals surface area contributed by atoms with Gasteiger partial charge in [-0.1, -0.05) is 49.6 Å². The largest absolute Gasteiger partial charge is 0.446 e. The maximum atomic E-state index is 12.6. The molecule has 2 atom stereocenters. The van der Waals surface area contributed by atoms with Crippen LogP contribution in [0.15, 0.2) is 30.3 Å². The van der Waals surface area contributed by atoms with Crippen LogP contribution in [-0.4, -0.2) is 12.1 Å². The summed E-state index contributed by atoms with van der Waals surface area (Å²) in [6, 6.07) is 12.0. The number of nitriles is 1. The van der Waals surface area contributed by atoms with Gasteiger partial charge in [0.15, 0.2) is 6.10 Å². The van der Waals surface area contributed by atoms with Gasteiger partial charge in [0.25, 0.3) is 0 Å². The Hall–Kier alpha value is -1.82. The topological polar surface area (TPSA) is 50.1 Å². The maximum Gasteiger partial charge on any atom is 0.318 e. The van der Waals surface area contributed by atoms with Crippen LogP contribution in [0.3, 0.4) is 0 Å². The summed E-state index contributed by atoms with van der Waals surface area (Å²) in [6.07, 6.45) is 4.48. The zero-order valence-corrected chi connectivity index (χ0v) is 11.8. The molecule has 3 rings (SSSR count). The number of hydrogen-bond acceptors (Lipinski definition) is 3. The van der Waals surface area contributed by atoms with Crippen LogP contribution in [0.25, 0.3) is 0 Å². The Morgan fingerprint density at radius 1 is 1.20 bits per heavy atom. The van der Waals surface area contributed by atoms with E-state index in [0.717, 1.165) is 31.2 Å². The van der Waals surface area contributed by atoms with Crippen LogP contribution in [0.2, 0.25) is 0 Å². The molecule has 1 saturated heterocycles. The lowest BCUT2D eigenvalue weighted by Crippen LogP contribution is -2.48. The van der Waals surface area contributed by atoms with Crippen molar-refractivity contribution in [3.63, 3.8) is 0 Å². The molecular weight excluding hydrogens is 250 g/mol. The molecule has 0 amide bonds.